The summed E-state index contributed by atoms with van der Waals surface area (Å²) in [5, 5.41) is 2.74. The fourth-order valence-electron chi connectivity index (χ4n) is 1.60. The molecule has 0 aliphatic rings. The van der Waals surface area contributed by atoms with E-state index in [-0.39, 0.29) is 5.91 Å². The van der Waals surface area contributed by atoms with Crippen molar-refractivity contribution < 1.29 is 4.79 Å². The van der Waals surface area contributed by atoms with Crippen LogP contribution in [-0.2, 0) is 0 Å². The van der Waals surface area contributed by atoms with Crippen LogP contribution in [0.3, 0.4) is 0 Å². The lowest BCUT2D eigenvalue weighted by molar-refractivity contribution is 0.0956. The van der Waals surface area contributed by atoms with Crippen LogP contribution in [0.4, 0.5) is 0 Å². The molecule has 1 aromatic carbocycles. The number of H-pyrrole nitrogens is 1. The Kier molecular flexibility index (Phi) is 3.52. The summed E-state index contributed by atoms with van der Waals surface area (Å²) in [6.45, 7) is 2.46. The second kappa shape index (κ2) is 5.27. The fraction of sp³-hybridized carbons (Fsp3) is 0.154. The van der Waals surface area contributed by atoms with Gasteiger partial charge in [0.25, 0.3) is 5.91 Å². The van der Waals surface area contributed by atoms with E-state index in [4.69, 9.17) is 0 Å². The van der Waals surface area contributed by atoms with Gasteiger partial charge in [0, 0.05) is 30.1 Å². The number of nitrogens with one attached hydrogen (secondary N) is 2. The van der Waals surface area contributed by atoms with Crippen LogP contribution < -0.4 is 11.0 Å². The molecule has 0 atom stereocenters. The largest absolute Gasteiger partial charge is 0.352 e. The summed E-state index contributed by atoms with van der Waals surface area (Å²) in [6, 6.07) is 7.16. The molecule has 0 bridgehead atoms. The highest BCUT2D eigenvalue weighted by molar-refractivity contribution is 5.95. The highest BCUT2D eigenvalue weighted by Gasteiger charge is 2.06. The van der Waals surface area contributed by atoms with E-state index in [1.165, 1.54) is 6.20 Å². The number of nitrogens with zero attached hydrogens (tertiary/aromatic N) is 1. The Labute approximate surface area is 104 Å². The van der Waals surface area contributed by atoms with Crippen molar-refractivity contribution in [2.24, 2.45) is 0 Å². The highest BCUT2D eigenvalue weighted by atomic mass is 16.1. The molecule has 0 spiro atoms. The van der Waals surface area contributed by atoms with E-state index in [1.807, 2.05) is 13.0 Å². The van der Waals surface area contributed by atoms with Gasteiger partial charge < -0.3 is 10.3 Å². The van der Waals surface area contributed by atoms with Crippen LogP contribution in [0.2, 0.25) is 0 Å². The molecule has 0 aliphatic carbocycles. The molecule has 0 saturated heterocycles. The molecule has 92 valence electrons. The summed E-state index contributed by atoms with van der Waals surface area (Å²) < 4.78 is 0. The lowest BCUT2D eigenvalue weighted by Gasteiger charge is -2.05. The zero-order chi connectivity index (χ0) is 13.0. The van der Waals surface area contributed by atoms with Crippen molar-refractivity contribution in [3.63, 3.8) is 0 Å². The molecule has 5 nitrogen and oxygen atoms in total. The number of hydrogen-bond acceptors (Lipinski definition) is 3. The van der Waals surface area contributed by atoms with E-state index in [1.54, 1.807) is 24.4 Å². The standard InChI is InChI=1S/C13H13N3O2/c1-2-14-12(17)10-5-3-4-9(6-10)11-7-15-13(18)16-8-11/h3-8H,2H2,1H3,(H,14,17)(H,15,16,18). The number of aromatic nitrogens is 2. The van der Waals surface area contributed by atoms with Crippen molar-refractivity contribution in [3.05, 3.63) is 52.7 Å². The Morgan fingerprint density at radius 2 is 2.22 bits per heavy atom. The zero-order valence-electron chi connectivity index (χ0n) is 9.93. The maximum absolute atomic E-state index is 11.7. The maximum Gasteiger partial charge on any atom is 0.344 e. The third-order valence-electron chi connectivity index (χ3n) is 2.47. The SMILES string of the molecule is CCNC(=O)c1cccc(-c2cnc(=O)[nH]c2)c1. The number of rotatable bonds is 3. The first-order valence-electron chi connectivity index (χ1n) is 5.64. The molecule has 5 heteroatoms. The number of amides is 1. The normalized spacial score (nSPS) is 10.1. The summed E-state index contributed by atoms with van der Waals surface area (Å²) in [7, 11) is 0. The van der Waals surface area contributed by atoms with Crippen molar-refractivity contribution in [1.82, 2.24) is 15.3 Å². The summed E-state index contributed by atoms with van der Waals surface area (Å²) in [5.41, 5.74) is 1.79. The third-order valence-corrected chi connectivity index (χ3v) is 2.47. The number of carbonyl (C=O) groups is 1. The smallest absolute Gasteiger partial charge is 0.344 e. The molecule has 1 amide bonds. The van der Waals surface area contributed by atoms with E-state index >= 15 is 0 Å². The monoisotopic (exact) mass is 243 g/mol. The van der Waals surface area contributed by atoms with E-state index in [9.17, 15) is 9.59 Å². The second-order valence-electron chi connectivity index (χ2n) is 3.75. The van der Waals surface area contributed by atoms with Crippen LogP contribution in [0.25, 0.3) is 11.1 Å². The Bertz CT molecular complexity index is 599. The van der Waals surface area contributed by atoms with E-state index in [0.717, 1.165) is 11.1 Å². The molecule has 0 fully saturated rings. The number of benzene rings is 1. The third kappa shape index (κ3) is 2.63. The Hall–Kier alpha value is -2.43. The molecule has 0 saturated carbocycles. The van der Waals surface area contributed by atoms with E-state index in [0.29, 0.717) is 12.1 Å². The second-order valence-corrected chi connectivity index (χ2v) is 3.75. The van der Waals surface area contributed by atoms with Gasteiger partial charge in [0.15, 0.2) is 0 Å². The van der Waals surface area contributed by atoms with Gasteiger partial charge >= 0.3 is 5.69 Å². The molecular formula is C13H13N3O2. The van der Waals surface area contributed by atoms with Crippen molar-refractivity contribution >= 4 is 5.91 Å². The average molecular weight is 243 g/mol. The number of hydrogen-bond donors (Lipinski definition) is 2. The summed E-state index contributed by atoms with van der Waals surface area (Å²) in [4.78, 5) is 28.7. The minimum Gasteiger partial charge on any atom is -0.352 e. The van der Waals surface area contributed by atoms with Crippen molar-refractivity contribution in [3.8, 4) is 11.1 Å². The van der Waals surface area contributed by atoms with Crippen molar-refractivity contribution in [2.45, 2.75) is 6.92 Å². The molecule has 1 aromatic heterocycles. The molecule has 0 radical (unpaired) electrons. The van der Waals surface area contributed by atoms with Gasteiger partial charge in [-0.25, -0.2) is 9.78 Å². The summed E-state index contributed by atoms with van der Waals surface area (Å²) in [6.07, 6.45) is 3.06. The Morgan fingerprint density at radius 3 is 2.89 bits per heavy atom. The van der Waals surface area contributed by atoms with Gasteiger partial charge in [0.05, 0.1) is 0 Å². The predicted octanol–water partition coefficient (Wildman–Crippen LogP) is 1.19. The van der Waals surface area contributed by atoms with Crippen molar-refractivity contribution in [1.29, 1.82) is 0 Å². The van der Waals surface area contributed by atoms with Crippen LogP contribution in [0.5, 0.6) is 0 Å². The Morgan fingerprint density at radius 1 is 1.39 bits per heavy atom. The van der Waals surface area contributed by atoms with Gasteiger partial charge in [-0.3, -0.25) is 4.79 Å². The molecule has 2 N–H and O–H groups in total. The number of aromatic amines is 1. The minimum atomic E-state index is -0.390. The van der Waals surface area contributed by atoms with Gasteiger partial charge in [-0.1, -0.05) is 12.1 Å². The van der Waals surface area contributed by atoms with Gasteiger partial charge in [-0.15, -0.1) is 0 Å². The van der Waals surface area contributed by atoms with Crippen LogP contribution in [-0.4, -0.2) is 22.4 Å². The first-order valence-corrected chi connectivity index (χ1v) is 5.64. The first kappa shape index (κ1) is 12.0. The number of carbonyl (C=O) groups excluding carboxylic acids is 1. The molecule has 2 aromatic rings. The fourth-order valence-corrected chi connectivity index (χ4v) is 1.60. The minimum absolute atomic E-state index is 0.114. The molecule has 0 unspecified atom stereocenters. The van der Waals surface area contributed by atoms with Crippen LogP contribution in [0.1, 0.15) is 17.3 Å². The molecule has 0 aliphatic heterocycles. The van der Waals surface area contributed by atoms with Gasteiger partial charge in [-0.2, -0.15) is 0 Å². The highest BCUT2D eigenvalue weighted by Crippen LogP contribution is 2.17. The van der Waals surface area contributed by atoms with Gasteiger partial charge in [0.2, 0.25) is 0 Å². The predicted molar refractivity (Wildman–Crippen MR) is 68.3 cm³/mol. The van der Waals surface area contributed by atoms with E-state index < -0.39 is 5.69 Å². The van der Waals surface area contributed by atoms with Crippen molar-refractivity contribution in [2.75, 3.05) is 6.54 Å². The lowest BCUT2D eigenvalue weighted by atomic mass is 10.1. The molecule has 2 rings (SSSR count). The quantitative estimate of drug-likeness (QED) is 0.850. The Balaban J connectivity index is 2.35. The zero-order valence-corrected chi connectivity index (χ0v) is 9.93. The average Bonchev–Trinajstić information content (AvgIpc) is 2.40. The van der Waals surface area contributed by atoms with Gasteiger partial charge in [-0.05, 0) is 24.6 Å². The molecule has 18 heavy (non-hydrogen) atoms. The first-order chi connectivity index (χ1) is 8.70. The lowest BCUT2D eigenvalue weighted by Crippen LogP contribution is -2.22. The van der Waals surface area contributed by atoms with Crippen LogP contribution in [0.15, 0.2) is 41.5 Å². The van der Waals surface area contributed by atoms with Crippen LogP contribution in [0, 0.1) is 0 Å². The van der Waals surface area contributed by atoms with Crippen LogP contribution >= 0.6 is 0 Å². The van der Waals surface area contributed by atoms with Gasteiger partial charge in [0.1, 0.15) is 0 Å². The maximum atomic E-state index is 11.7. The molecular weight excluding hydrogens is 230 g/mol. The van der Waals surface area contributed by atoms with E-state index in [2.05, 4.69) is 15.3 Å². The summed E-state index contributed by atoms with van der Waals surface area (Å²) >= 11 is 0. The molecule has 1 heterocycles. The summed E-state index contributed by atoms with van der Waals surface area (Å²) in [5.74, 6) is -0.114. The topological polar surface area (TPSA) is 74.8 Å².